The van der Waals surface area contributed by atoms with E-state index in [-0.39, 0.29) is 52.4 Å². The number of ether oxygens (including phenoxy) is 1. The molecule has 1 aromatic carbocycles. The summed E-state index contributed by atoms with van der Waals surface area (Å²) < 4.78 is 5.53. The molecule has 2 aliphatic rings. The molecule has 2 N–H and O–H groups in total. The van der Waals surface area contributed by atoms with E-state index in [9.17, 15) is 10.0 Å². The lowest BCUT2D eigenvalue weighted by atomic mass is 9.98. The van der Waals surface area contributed by atoms with Gasteiger partial charge in [0, 0.05) is 25.7 Å². The van der Waals surface area contributed by atoms with Crippen LogP contribution in [0, 0.1) is 5.21 Å². The van der Waals surface area contributed by atoms with Crippen LogP contribution in [-0.4, -0.2) is 42.5 Å². The molecular formula is C17H25BrN2O4. The van der Waals surface area contributed by atoms with Crippen LogP contribution in [0.4, 0.5) is 0 Å². The number of carbonyl (C=O) groups excluding carboxylic acids is 1. The molecule has 24 heavy (non-hydrogen) atoms. The van der Waals surface area contributed by atoms with Crippen molar-refractivity contribution in [3.05, 3.63) is 41.1 Å². The van der Waals surface area contributed by atoms with Crippen molar-refractivity contribution in [2.45, 2.75) is 49.8 Å². The zero-order valence-corrected chi connectivity index (χ0v) is 15.5. The van der Waals surface area contributed by atoms with Crippen LogP contribution in [0.25, 0.3) is 0 Å². The van der Waals surface area contributed by atoms with Crippen LogP contribution < -0.4 is 5.90 Å². The molecule has 6 nitrogen and oxygen atoms in total. The molecule has 0 radical (unpaired) electrons. The Morgan fingerprint density at radius 3 is 2.42 bits per heavy atom. The van der Waals surface area contributed by atoms with E-state index in [1.165, 1.54) is 0 Å². The number of hydrogen-bond donors (Lipinski definition) is 1. The number of hydroxylamine groups is 3. The van der Waals surface area contributed by atoms with E-state index in [2.05, 4.69) is 0 Å². The number of nitrogens with two attached hydrogens (primary N) is 1. The maximum Gasteiger partial charge on any atom is 0.316 e. The molecule has 0 saturated carbocycles. The number of halogens is 1. The van der Waals surface area contributed by atoms with Crippen LogP contribution in [0.15, 0.2) is 30.3 Å². The van der Waals surface area contributed by atoms with E-state index in [1.807, 2.05) is 30.3 Å². The first kappa shape index (κ1) is 19.3. The van der Waals surface area contributed by atoms with E-state index < -0.39 is 5.92 Å². The smallest absolute Gasteiger partial charge is 0.316 e. The lowest BCUT2D eigenvalue weighted by Gasteiger charge is -2.50. The Kier molecular flexibility index (Phi) is 6.39. The van der Waals surface area contributed by atoms with Crippen molar-refractivity contribution in [1.82, 2.24) is 0 Å². The van der Waals surface area contributed by atoms with Gasteiger partial charge in [-0.15, -0.1) is 17.0 Å². The Labute approximate surface area is 152 Å². The highest BCUT2D eigenvalue weighted by atomic mass is 79.9. The fourth-order valence-electron chi connectivity index (χ4n) is 3.98. The van der Waals surface area contributed by atoms with E-state index in [1.54, 1.807) is 7.05 Å². The molecule has 0 aliphatic carbocycles. The molecule has 3 unspecified atom stereocenters. The number of fused-ring (bicyclic) bond motifs is 2. The lowest BCUT2D eigenvalue weighted by Crippen LogP contribution is -2.55. The third-order valence-corrected chi connectivity index (χ3v) is 5.39. The molecule has 2 aliphatic heterocycles. The second kappa shape index (κ2) is 7.93. The van der Waals surface area contributed by atoms with Gasteiger partial charge in [0.2, 0.25) is 0 Å². The Bertz CT molecular complexity index is 539. The molecule has 2 fully saturated rings. The van der Waals surface area contributed by atoms with Crippen LogP contribution >= 0.6 is 17.0 Å². The number of benzene rings is 1. The molecule has 0 amide bonds. The number of piperidine rings is 1. The van der Waals surface area contributed by atoms with Crippen LogP contribution in [-0.2, 0) is 14.4 Å². The highest BCUT2D eigenvalue weighted by Crippen LogP contribution is 2.41. The maximum absolute atomic E-state index is 12.6. The van der Waals surface area contributed by atoms with Crippen molar-refractivity contribution in [2.75, 3.05) is 13.7 Å². The van der Waals surface area contributed by atoms with Gasteiger partial charge in [0.15, 0.2) is 0 Å². The molecule has 0 aromatic heterocycles. The summed E-state index contributed by atoms with van der Waals surface area (Å²) in [5, 5.41) is 12.5. The zero-order chi connectivity index (χ0) is 16.4. The van der Waals surface area contributed by atoms with Crippen molar-refractivity contribution in [1.29, 1.82) is 0 Å². The van der Waals surface area contributed by atoms with Gasteiger partial charge in [0.05, 0.1) is 25.7 Å². The van der Waals surface area contributed by atoms with Gasteiger partial charge in [-0.3, -0.25) is 4.79 Å². The molecule has 2 bridgehead atoms. The Hall–Kier alpha value is -0.990. The van der Waals surface area contributed by atoms with Crippen molar-refractivity contribution in [3.63, 3.8) is 0 Å². The van der Waals surface area contributed by atoms with Crippen LogP contribution in [0.2, 0.25) is 0 Å². The number of quaternary nitrogens is 1. The van der Waals surface area contributed by atoms with Gasteiger partial charge in [-0.2, -0.15) is 0 Å². The van der Waals surface area contributed by atoms with Gasteiger partial charge in [-0.1, -0.05) is 30.3 Å². The minimum Gasteiger partial charge on any atom is -0.633 e. The van der Waals surface area contributed by atoms with Gasteiger partial charge >= 0.3 is 5.97 Å². The minimum absolute atomic E-state index is 0. The number of esters is 1. The monoisotopic (exact) mass is 400 g/mol. The molecule has 134 valence electrons. The van der Waals surface area contributed by atoms with E-state index in [4.69, 9.17) is 15.5 Å². The molecule has 2 heterocycles. The van der Waals surface area contributed by atoms with E-state index >= 15 is 0 Å². The van der Waals surface area contributed by atoms with Gasteiger partial charge in [-0.05, 0) is 5.56 Å². The normalized spacial score (nSPS) is 32.7. The summed E-state index contributed by atoms with van der Waals surface area (Å²) in [6.07, 6.45) is 2.96. The maximum atomic E-state index is 12.6. The fraction of sp³-hybridized carbons (Fsp3) is 0.588. The van der Waals surface area contributed by atoms with Crippen LogP contribution in [0.3, 0.4) is 0 Å². The summed E-state index contributed by atoms with van der Waals surface area (Å²) in [5.41, 5.74) is 0.825. The Morgan fingerprint density at radius 1 is 1.29 bits per heavy atom. The minimum atomic E-state index is -0.533. The highest BCUT2D eigenvalue weighted by Gasteiger charge is 2.48. The highest BCUT2D eigenvalue weighted by molar-refractivity contribution is 8.93. The predicted octanol–water partition coefficient (Wildman–Crippen LogP) is 2.42. The third-order valence-electron chi connectivity index (χ3n) is 5.39. The first-order chi connectivity index (χ1) is 11.0. The van der Waals surface area contributed by atoms with E-state index in [0.29, 0.717) is 12.8 Å². The van der Waals surface area contributed by atoms with Crippen LogP contribution in [0.1, 0.15) is 37.2 Å². The molecule has 3 atom stereocenters. The Balaban J connectivity index is 0.00000208. The summed E-state index contributed by atoms with van der Waals surface area (Å²) >= 11 is 0. The van der Waals surface area contributed by atoms with Gasteiger partial charge in [0.25, 0.3) is 0 Å². The van der Waals surface area contributed by atoms with E-state index in [0.717, 1.165) is 18.4 Å². The second-order valence-corrected chi connectivity index (χ2v) is 6.77. The second-order valence-electron chi connectivity index (χ2n) is 6.77. The molecular weight excluding hydrogens is 376 g/mol. The topological polar surface area (TPSA) is 84.6 Å². The van der Waals surface area contributed by atoms with Gasteiger partial charge in [0.1, 0.15) is 12.0 Å². The molecule has 2 saturated heterocycles. The van der Waals surface area contributed by atoms with Crippen molar-refractivity contribution in [3.8, 4) is 0 Å². The summed E-state index contributed by atoms with van der Waals surface area (Å²) in [6.45, 7) is 0.0811. The SMILES string of the molecule is Br.C[N+]1([O-])C2CCC1CC(OC(=O)C(CON)c1ccccc1)C2. The first-order valence-electron chi connectivity index (χ1n) is 8.16. The lowest BCUT2D eigenvalue weighted by molar-refractivity contribution is -0.903. The number of hydrogen-bond acceptors (Lipinski definition) is 5. The standard InChI is InChI=1S/C17H24N2O4.BrH/c1-19(21)13-7-8-14(19)10-15(9-13)23-17(20)16(11-22-18)12-5-3-2-4-6-12;/h2-6,13-16H,7-11,18H2,1H3;1H. The molecule has 7 heteroatoms. The summed E-state index contributed by atoms with van der Waals surface area (Å²) in [7, 11) is 1.75. The summed E-state index contributed by atoms with van der Waals surface area (Å²) in [5.74, 6) is 4.32. The molecule has 1 aromatic rings. The van der Waals surface area contributed by atoms with Crippen molar-refractivity contribution >= 4 is 23.0 Å². The van der Waals surface area contributed by atoms with Crippen LogP contribution in [0.5, 0.6) is 0 Å². The Morgan fingerprint density at radius 2 is 1.88 bits per heavy atom. The number of rotatable bonds is 5. The summed E-state index contributed by atoms with van der Waals surface area (Å²) in [6, 6.07) is 9.45. The average Bonchev–Trinajstić information content (AvgIpc) is 2.71. The summed E-state index contributed by atoms with van der Waals surface area (Å²) in [4.78, 5) is 17.3. The van der Waals surface area contributed by atoms with Gasteiger partial charge in [-0.25, -0.2) is 5.90 Å². The number of carbonyl (C=O) groups is 1. The molecule has 0 spiro atoms. The molecule has 3 rings (SSSR count). The first-order valence-corrected chi connectivity index (χ1v) is 8.16. The average molecular weight is 401 g/mol. The third kappa shape index (κ3) is 3.81. The largest absolute Gasteiger partial charge is 0.633 e. The van der Waals surface area contributed by atoms with Gasteiger partial charge < -0.3 is 19.4 Å². The number of nitrogens with zero attached hydrogens (tertiary/aromatic N) is 1. The fourth-order valence-corrected chi connectivity index (χ4v) is 3.98. The predicted molar refractivity (Wildman–Crippen MR) is 95.1 cm³/mol. The van der Waals surface area contributed by atoms with Crippen molar-refractivity contribution in [2.24, 2.45) is 5.90 Å². The zero-order valence-electron chi connectivity index (χ0n) is 13.8. The van der Waals surface area contributed by atoms with Crippen molar-refractivity contribution < 1.29 is 19.0 Å². The quantitative estimate of drug-likeness (QED) is 0.355.